The molecule has 2 rings (SSSR count). The number of halogens is 4. The maximum absolute atomic E-state index is 12.7. The van der Waals surface area contributed by atoms with Crippen LogP contribution in [0.5, 0.6) is 0 Å². The summed E-state index contributed by atoms with van der Waals surface area (Å²) in [6.07, 6.45) is -2.60. The van der Waals surface area contributed by atoms with Crippen molar-refractivity contribution in [1.82, 2.24) is 4.57 Å². The van der Waals surface area contributed by atoms with Crippen molar-refractivity contribution in [2.75, 3.05) is 0 Å². The summed E-state index contributed by atoms with van der Waals surface area (Å²) in [5.41, 5.74) is 1.51. The highest BCUT2D eigenvalue weighted by molar-refractivity contribution is 9.10. The van der Waals surface area contributed by atoms with Crippen molar-refractivity contribution in [2.24, 2.45) is 0 Å². The Hall–Kier alpha value is -1.20. The maximum Gasteiger partial charge on any atom is 0.265 e. The van der Waals surface area contributed by atoms with Crippen LogP contribution in [0.2, 0.25) is 5.02 Å². The van der Waals surface area contributed by atoms with Crippen molar-refractivity contribution in [2.45, 2.75) is 19.9 Å². The van der Waals surface area contributed by atoms with Gasteiger partial charge in [-0.3, -0.25) is 4.79 Å². The van der Waals surface area contributed by atoms with Crippen LogP contribution >= 0.6 is 27.5 Å². The summed E-state index contributed by atoms with van der Waals surface area (Å²) in [6.45, 7) is 1.18. The molecule has 2 aromatic rings. The first kappa shape index (κ1) is 15.2. The normalized spacial score (nSPS) is 11.1. The molecule has 0 radical (unpaired) electrons. The second-order valence-electron chi connectivity index (χ2n) is 4.33. The first-order valence-corrected chi connectivity index (χ1v) is 7.01. The Morgan fingerprint density at radius 2 is 2.00 bits per heavy atom. The van der Waals surface area contributed by atoms with Crippen molar-refractivity contribution in [3.63, 3.8) is 0 Å². The van der Waals surface area contributed by atoms with Crippen molar-refractivity contribution < 1.29 is 8.78 Å². The molecular weight excluding hydrogens is 352 g/mol. The first-order chi connectivity index (χ1) is 9.40. The van der Waals surface area contributed by atoms with E-state index in [9.17, 15) is 13.6 Å². The van der Waals surface area contributed by atoms with Gasteiger partial charge in [0.15, 0.2) is 0 Å². The minimum absolute atomic E-state index is 0.258. The van der Waals surface area contributed by atoms with Crippen molar-refractivity contribution in [3.8, 4) is 11.3 Å². The minimum Gasteiger partial charge on any atom is -0.302 e. The van der Waals surface area contributed by atoms with Gasteiger partial charge in [-0.1, -0.05) is 17.7 Å². The lowest BCUT2D eigenvalue weighted by Gasteiger charge is -2.15. The van der Waals surface area contributed by atoms with Crippen LogP contribution in [0.1, 0.15) is 5.56 Å². The smallest absolute Gasteiger partial charge is 0.265 e. The SMILES string of the molecule is Cc1cc(Cl)ccc1-c1ccc(Br)c(=O)n1CC(F)F. The quantitative estimate of drug-likeness (QED) is 0.788. The van der Waals surface area contributed by atoms with Gasteiger partial charge in [0, 0.05) is 10.6 Å². The Kier molecular flexibility index (Phi) is 4.60. The number of aromatic nitrogens is 1. The highest BCUT2D eigenvalue weighted by Gasteiger charge is 2.14. The lowest BCUT2D eigenvalue weighted by molar-refractivity contribution is 0.126. The third-order valence-electron chi connectivity index (χ3n) is 2.91. The van der Waals surface area contributed by atoms with E-state index in [2.05, 4.69) is 15.9 Å². The van der Waals surface area contributed by atoms with E-state index < -0.39 is 18.5 Å². The molecule has 1 aromatic heterocycles. The fourth-order valence-corrected chi connectivity index (χ4v) is 2.59. The van der Waals surface area contributed by atoms with Gasteiger partial charge in [-0.05, 0) is 52.7 Å². The van der Waals surface area contributed by atoms with Gasteiger partial charge >= 0.3 is 0 Å². The summed E-state index contributed by atoms with van der Waals surface area (Å²) in [5, 5.41) is 0.561. The number of alkyl halides is 2. The number of hydrogen-bond acceptors (Lipinski definition) is 1. The summed E-state index contributed by atoms with van der Waals surface area (Å²) in [7, 11) is 0. The molecule has 0 unspecified atom stereocenters. The predicted octanol–water partition coefficient (Wildman–Crippen LogP) is 4.50. The molecule has 20 heavy (non-hydrogen) atoms. The van der Waals surface area contributed by atoms with E-state index in [1.165, 1.54) is 0 Å². The summed E-state index contributed by atoms with van der Waals surface area (Å²) >= 11 is 8.96. The summed E-state index contributed by atoms with van der Waals surface area (Å²) in [4.78, 5) is 12.0. The number of aryl methyl sites for hydroxylation is 1. The fourth-order valence-electron chi connectivity index (χ4n) is 2.02. The zero-order valence-corrected chi connectivity index (χ0v) is 12.9. The molecule has 0 fully saturated rings. The topological polar surface area (TPSA) is 22.0 Å². The van der Waals surface area contributed by atoms with E-state index >= 15 is 0 Å². The zero-order valence-electron chi connectivity index (χ0n) is 10.5. The van der Waals surface area contributed by atoms with Gasteiger partial charge < -0.3 is 4.57 Å². The predicted molar refractivity (Wildman–Crippen MR) is 79.6 cm³/mol. The third kappa shape index (κ3) is 3.10. The standard InChI is InChI=1S/C14H11BrClF2NO/c1-8-6-9(16)2-3-10(8)12-5-4-11(15)14(20)19(12)7-13(17)18/h2-6,13H,7H2,1H3. The van der Waals surface area contributed by atoms with Crippen molar-refractivity contribution in [1.29, 1.82) is 0 Å². The molecule has 0 spiro atoms. The molecule has 106 valence electrons. The third-order valence-corrected chi connectivity index (χ3v) is 3.75. The molecule has 0 saturated heterocycles. The Morgan fingerprint density at radius 3 is 2.60 bits per heavy atom. The number of pyridine rings is 1. The van der Waals surface area contributed by atoms with Crippen molar-refractivity contribution in [3.05, 3.63) is 55.7 Å². The molecule has 1 aromatic carbocycles. The highest BCUT2D eigenvalue weighted by Crippen LogP contribution is 2.26. The van der Waals surface area contributed by atoms with Crippen LogP contribution < -0.4 is 5.56 Å². The Morgan fingerprint density at radius 1 is 1.30 bits per heavy atom. The number of rotatable bonds is 3. The first-order valence-electron chi connectivity index (χ1n) is 5.84. The van der Waals surface area contributed by atoms with Crippen LogP contribution in [-0.4, -0.2) is 11.0 Å². The molecule has 0 aliphatic heterocycles. The summed E-state index contributed by atoms with van der Waals surface area (Å²) < 4.78 is 26.7. The summed E-state index contributed by atoms with van der Waals surface area (Å²) in [5.74, 6) is 0. The molecular formula is C14H11BrClF2NO. The van der Waals surface area contributed by atoms with Crippen molar-refractivity contribution >= 4 is 27.5 Å². The molecule has 6 heteroatoms. The minimum atomic E-state index is -2.60. The average molecular weight is 363 g/mol. The second-order valence-corrected chi connectivity index (χ2v) is 5.62. The Balaban J connectivity index is 2.67. The number of hydrogen-bond donors (Lipinski definition) is 0. The molecule has 0 N–H and O–H groups in total. The Bertz CT molecular complexity index is 700. The molecule has 1 heterocycles. The van der Waals surface area contributed by atoms with Gasteiger partial charge in [0.1, 0.15) is 0 Å². The van der Waals surface area contributed by atoms with Gasteiger partial charge in [0.2, 0.25) is 0 Å². The molecule has 0 saturated carbocycles. The lowest BCUT2D eigenvalue weighted by atomic mass is 10.0. The van der Waals surface area contributed by atoms with E-state index in [0.29, 0.717) is 16.3 Å². The maximum atomic E-state index is 12.7. The fraction of sp³-hybridized carbons (Fsp3) is 0.214. The number of benzene rings is 1. The van der Waals surface area contributed by atoms with Crippen LogP contribution in [0, 0.1) is 6.92 Å². The van der Waals surface area contributed by atoms with E-state index in [1.807, 2.05) is 6.92 Å². The average Bonchev–Trinajstić information content (AvgIpc) is 2.36. The van der Waals surface area contributed by atoms with Crippen LogP contribution in [0.25, 0.3) is 11.3 Å². The summed E-state index contributed by atoms with van der Waals surface area (Å²) in [6, 6.07) is 8.33. The van der Waals surface area contributed by atoms with E-state index in [4.69, 9.17) is 11.6 Å². The molecule has 0 bridgehead atoms. The van der Waals surface area contributed by atoms with E-state index in [-0.39, 0.29) is 4.47 Å². The Labute approximate surface area is 128 Å². The lowest BCUT2D eigenvalue weighted by Crippen LogP contribution is -2.25. The van der Waals surface area contributed by atoms with E-state index in [0.717, 1.165) is 10.1 Å². The monoisotopic (exact) mass is 361 g/mol. The molecule has 0 aliphatic rings. The van der Waals surface area contributed by atoms with Gasteiger partial charge in [-0.15, -0.1) is 0 Å². The van der Waals surface area contributed by atoms with Gasteiger partial charge in [0.05, 0.1) is 16.7 Å². The zero-order chi connectivity index (χ0) is 14.9. The van der Waals surface area contributed by atoms with Gasteiger partial charge in [0.25, 0.3) is 12.0 Å². The largest absolute Gasteiger partial charge is 0.302 e. The van der Waals surface area contributed by atoms with Crippen LogP contribution in [0.4, 0.5) is 8.78 Å². The molecule has 0 aliphatic carbocycles. The van der Waals surface area contributed by atoms with Crippen LogP contribution in [0.15, 0.2) is 39.6 Å². The van der Waals surface area contributed by atoms with E-state index in [1.54, 1.807) is 30.3 Å². The van der Waals surface area contributed by atoms with Gasteiger partial charge in [-0.2, -0.15) is 0 Å². The number of nitrogens with zero attached hydrogens (tertiary/aromatic N) is 1. The highest BCUT2D eigenvalue weighted by atomic mass is 79.9. The van der Waals surface area contributed by atoms with Crippen LogP contribution in [0.3, 0.4) is 0 Å². The molecule has 0 atom stereocenters. The van der Waals surface area contributed by atoms with Gasteiger partial charge in [-0.25, -0.2) is 8.78 Å². The second kappa shape index (κ2) is 6.06. The van der Waals surface area contributed by atoms with Crippen LogP contribution in [-0.2, 0) is 6.54 Å². The molecule has 2 nitrogen and oxygen atoms in total. The molecule has 0 amide bonds.